The summed E-state index contributed by atoms with van der Waals surface area (Å²) in [6, 6.07) is 4.54. The fourth-order valence-corrected chi connectivity index (χ4v) is 5.36. The van der Waals surface area contributed by atoms with Gasteiger partial charge in [0.1, 0.15) is 5.75 Å². The summed E-state index contributed by atoms with van der Waals surface area (Å²) in [7, 11) is -0.784. The van der Waals surface area contributed by atoms with Gasteiger partial charge in [0.05, 0.1) is 24.2 Å². The van der Waals surface area contributed by atoms with Crippen molar-refractivity contribution in [3.8, 4) is 5.75 Å². The van der Waals surface area contributed by atoms with Gasteiger partial charge in [-0.15, -0.1) is 0 Å². The first-order valence-corrected chi connectivity index (χ1v) is 19.2. The SMILES string of the molecule is CCN(C)C=Nc1cc(C(F)(F)F)c(OC(CC[Si](C)(C)C)OCCC[Si](C)(C)C)cc1C. The summed E-state index contributed by atoms with van der Waals surface area (Å²) in [6.45, 7) is 18.5. The van der Waals surface area contributed by atoms with Gasteiger partial charge in [-0.05, 0) is 38.0 Å². The second-order valence-corrected chi connectivity index (χ2v) is 22.4. The van der Waals surface area contributed by atoms with Crippen LogP contribution in [0.3, 0.4) is 0 Å². The molecule has 0 aliphatic heterocycles. The van der Waals surface area contributed by atoms with Gasteiger partial charge < -0.3 is 14.4 Å². The van der Waals surface area contributed by atoms with E-state index in [9.17, 15) is 13.2 Å². The molecule has 0 saturated heterocycles. The van der Waals surface area contributed by atoms with E-state index >= 15 is 0 Å². The van der Waals surface area contributed by atoms with Crippen molar-refractivity contribution in [2.75, 3.05) is 20.2 Å². The van der Waals surface area contributed by atoms with E-state index in [1.807, 2.05) is 14.0 Å². The standard InChI is InChI=1S/C24H43F3N2O2Si2/c1-10-29(3)18-28-21-17-20(24(25,26)27)22(16-19(21)2)31-23(12-15-33(7,8)9)30-13-11-14-32(4,5)6/h16-18,23H,10-15H2,1-9H3. The highest BCUT2D eigenvalue weighted by atomic mass is 28.3. The highest BCUT2D eigenvalue weighted by Crippen LogP contribution is 2.41. The quantitative estimate of drug-likeness (QED) is 0.0903. The zero-order chi connectivity index (χ0) is 25.4. The van der Waals surface area contributed by atoms with Crippen LogP contribution in [-0.4, -0.2) is 53.9 Å². The van der Waals surface area contributed by atoms with Gasteiger partial charge in [0, 0.05) is 36.2 Å². The Hall–Kier alpha value is -1.33. The van der Waals surface area contributed by atoms with Crippen molar-refractivity contribution >= 4 is 28.2 Å². The van der Waals surface area contributed by atoms with Crippen molar-refractivity contribution in [2.24, 2.45) is 4.99 Å². The Balaban J connectivity index is 3.16. The summed E-state index contributed by atoms with van der Waals surface area (Å²) in [6.07, 6.45) is -2.22. The highest BCUT2D eigenvalue weighted by Gasteiger charge is 2.36. The molecule has 1 rings (SSSR count). The monoisotopic (exact) mass is 504 g/mol. The predicted molar refractivity (Wildman–Crippen MR) is 139 cm³/mol. The summed E-state index contributed by atoms with van der Waals surface area (Å²) in [4.78, 5) is 6.05. The predicted octanol–water partition coefficient (Wildman–Crippen LogP) is 7.80. The van der Waals surface area contributed by atoms with Gasteiger partial charge >= 0.3 is 6.18 Å². The van der Waals surface area contributed by atoms with Crippen LogP contribution >= 0.6 is 0 Å². The minimum absolute atomic E-state index is 0.187. The van der Waals surface area contributed by atoms with Crippen LogP contribution in [0.15, 0.2) is 17.1 Å². The third-order valence-electron chi connectivity index (χ3n) is 5.26. The van der Waals surface area contributed by atoms with Gasteiger partial charge in [-0.2, -0.15) is 13.2 Å². The number of aryl methyl sites for hydroxylation is 1. The molecule has 0 saturated carbocycles. The second kappa shape index (κ2) is 12.4. The van der Waals surface area contributed by atoms with E-state index in [1.165, 1.54) is 6.07 Å². The zero-order valence-electron chi connectivity index (χ0n) is 21.9. The minimum atomic E-state index is -4.55. The van der Waals surface area contributed by atoms with E-state index in [4.69, 9.17) is 9.47 Å². The lowest BCUT2D eigenvalue weighted by molar-refractivity contribution is -0.142. The molecule has 0 aliphatic rings. The van der Waals surface area contributed by atoms with Crippen LogP contribution in [0.5, 0.6) is 5.75 Å². The Bertz CT molecular complexity index is 773. The Morgan fingerprint density at radius 1 is 1.06 bits per heavy atom. The average molecular weight is 505 g/mol. The smallest absolute Gasteiger partial charge is 0.420 e. The maximum Gasteiger partial charge on any atom is 0.420 e. The Kier molecular flexibility index (Phi) is 11.2. The third-order valence-corrected chi connectivity index (χ3v) is 8.90. The fraction of sp³-hybridized carbons (Fsp3) is 0.708. The number of nitrogens with zero attached hydrogens (tertiary/aromatic N) is 2. The van der Waals surface area contributed by atoms with Crippen LogP contribution in [0.4, 0.5) is 18.9 Å². The maximum absolute atomic E-state index is 13.9. The molecule has 1 aromatic rings. The molecule has 0 radical (unpaired) electrons. The lowest BCUT2D eigenvalue weighted by Crippen LogP contribution is -2.28. The van der Waals surface area contributed by atoms with E-state index in [0.29, 0.717) is 25.1 Å². The van der Waals surface area contributed by atoms with Crippen molar-refractivity contribution in [1.29, 1.82) is 0 Å². The molecule has 1 unspecified atom stereocenters. The summed E-state index contributed by atoms with van der Waals surface area (Å²) in [5, 5.41) is 0. The van der Waals surface area contributed by atoms with Gasteiger partial charge in [-0.1, -0.05) is 51.4 Å². The molecule has 1 aromatic carbocycles. The molecule has 0 aromatic heterocycles. The normalized spacial score (nSPS) is 14.1. The minimum Gasteiger partial charge on any atom is -0.464 e. The van der Waals surface area contributed by atoms with Gasteiger partial charge in [0.2, 0.25) is 0 Å². The number of alkyl halides is 3. The first-order chi connectivity index (χ1) is 15.0. The lowest BCUT2D eigenvalue weighted by atomic mass is 10.1. The zero-order valence-corrected chi connectivity index (χ0v) is 23.9. The number of rotatable bonds is 13. The van der Waals surface area contributed by atoms with Crippen molar-refractivity contribution in [2.45, 2.75) is 90.5 Å². The second-order valence-electron chi connectivity index (χ2n) is 11.1. The summed E-state index contributed by atoms with van der Waals surface area (Å²) in [5.41, 5.74) is 0.0919. The van der Waals surface area contributed by atoms with Crippen LogP contribution in [0.1, 0.15) is 30.9 Å². The number of aliphatic imine (C=N–C) groups is 1. The van der Waals surface area contributed by atoms with Gasteiger partial charge in [0.25, 0.3) is 0 Å². The van der Waals surface area contributed by atoms with E-state index in [-0.39, 0.29) is 11.4 Å². The average Bonchev–Trinajstić information content (AvgIpc) is 2.65. The summed E-state index contributed by atoms with van der Waals surface area (Å²) < 4.78 is 53.6. The van der Waals surface area contributed by atoms with Crippen molar-refractivity contribution in [3.05, 3.63) is 23.3 Å². The number of benzene rings is 1. The van der Waals surface area contributed by atoms with Gasteiger partial charge in [0.15, 0.2) is 6.29 Å². The van der Waals surface area contributed by atoms with E-state index in [0.717, 1.165) is 24.6 Å². The Morgan fingerprint density at radius 3 is 2.18 bits per heavy atom. The molecular weight excluding hydrogens is 461 g/mol. The van der Waals surface area contributed by atoms with Crippen LogP contribution in [-0.2, 0) is 10.9 Å². The van der Waals surface area contributed by atoms with E-state index in [1.54, 1.807) is 18.2 Å². The number of halogens is 3. The van der Waals surface area contributed by atoms with Gasteiger partial charge in [-0.25, -0.2) is 4.99 Å². The number of hydrogen-bond acceptors (Lipinski definition) is 3. The topological polar surface area (TPSA) is 34.1 Å². The van der Waals surface area contributed by atoms with Crippen LogP contribution in [0.2, 0.25) is 51.4 Å². The molecule has 9 heteroatoms. The molecule has 0 heterocycles. The molecule has 0 spiro atoms. The first-order valence-electron chi connectivity index (χ1n) is 11.8. The largest absolute Gasteiger partial charge is 0.464 e. The molecule has 4 nitrogen and oxygen atoms in total. The number of hydrogen-bond donors (Lipinski definition) is 0. The molecule has 33 heavy (non-hydrogen) atoms. The van der Waals surface area contributed by atoms with Crippen molar-refractivity contribution in [3.63, 3.8) is 0 Å². The fourth-order valence-electron chi connectivity index (χ4n) is 3.06. The highest BCUT2D eigenvalue weighted by molar-refractivity contribution is 6.76. The van der Waals surface area contributed by atoms with Crippen LogP contribution in [0.25, 0.3) is 0 Å². The van der Waals surface area contributed by atoms with Crippen molar-refractivity contribution in [1.82, 2.24) is 4.90 Å². The maximum atomic E-state index is 13.9. The molecule has 0 bridgehead atoms. The molecular formula is C24H43F3N2O2Si2. The molecule has 0 N–H and O–H groups in total. The Labute approximate surface area is 200 Å². The molecule has 1 atom stereocenters. The molecule has 190 valence electrons. The molecule has 0 fully saturated rings. The third kappa shape index (κ3) is 12.1. The van der Waals surface area contributed by atoms with E-state index in [2.05, 4.69) is 44.3 Å². The molecule has 0 amide bonds. The lowest BCUT2D eigenvalue weighted by Gasteiger charge is -2.26. The summed E-state index contributed by atoms with van der Waals surface area (Å²) in [5.74, 6) is -0.187. The summed E-state index contributed by atoms with van der Waals surface area (Å²) >= 11 is 0. The molecule has 0 aliphatic carbocycles. The van der Waals surface area contributed by atoms with E-state index < -0.39 is 34.2 Å². The van der Waals surface area contributed by atoms with Crippen LogP contribution in [0, 0.1) is 6.92 Å². The Morgan fingerprint density at radius 2 is 1.67 bits per heavy atom. The van der Waals surface area contributed by atoms with Gasteiger partial charge in [-0.3, -0.25) is 0 Å². The first kappa shape index (κ1) is 29.7. The number of ether oxygens (including phenoxy) is 2. The van der Waals surface area contributed by atoms with Crippen LogP contribution < -0.4 is 4.74 Å². The van der Waals surface area contributed by atoms with Crippen molar-refractivity contribution < 1.29 is 22.6 Å².